The minimum Gasteiger partial charge on any atom is -0.345 e. The number of benzene rings is 1. The van der Waals surface area contributed by atoms with Crippen molar-refractivity contribution >= 4 is 28.7 Å². The number of fused-ring (bicyclic) bond motifs is 1. The first-order valence-electron chi connectivity index (χ1n) is 8.45. The molecule has 1 N–H and O–H groups in total. The first-order valence-corrected chi connectivity index (χ1v) is 9.84. The van der Waals surface area contributed by atoms with Gasteiger partial charge in [0.15, 0.2) is 0 Å². The molecule has 0 aliphatic heterocycles. The van der Waals surface area contributed by atoms with Crippen LogP contribution in [0.2, 0.25) is 0 Å². The highest BCUT2D eigenvalue weighted by atomic mass is 32.2. The summed E-state index contributed by atoms with van der Waals surface area (Å²) in [7, 11) is 1.99. The number of carbonyl (C=O) groups is 1. The van der Waals surface area contributed by atoms with E-state index in [1.807, 2.05) is 71.9 Å². The standard InChI is InChI=1S/C19H24N4OS/c1-14(18-21-15-8-4-5-9-16(15)22(18)2)20-19(24)17(10-13-25-3)23-11-6-7-12-23/h4-9,11-12,14,17H,10,13H2,1-3H3,(H,20,24)/t14-,17+/m1/s1. The zero-order chi connectivity index (χ0) is 17.8. The molecule has 0 aliphatic carbocycles. The van der Waals surface area contributed by atoms with E-state index in [1.165, 1.54) is 0 Å². The van der Waals surface area contributed by atoms with E-state index in [9.17, 15) is 4.79 Å². The second-order valence-electron chi connectivity index (χ2n) is 6.18. The Hall–Kier alpha value is -2.21. The third-order valence-corrected chi connectivity index (χ3v) is 5.10. The molecule has 1 aromatic carbocycles. The van der Waals surface area contributed by atoms with Gasteiger partial charge in [0.2, 0.25) is 5.91 Å². The van der Waals surface area contributed by atoms with Crippen molar-refractivity contribution in [1.82, 2.24) is 19.4 Å². The highest BCUT2D eigenvalue weighted by molar-refractivity contribution is 7.98. The fraction of sp³-hybridized carbons (Fsp3) is 0.368. The Balaban J connectivity index is 1.79. The minimum absolute atomic E-state index is 0.0322. The highest BCUT2D eigenvalue weighted by Crippen LogP contribution is 2.21. The lowest BCUT2D eigenvalue weighted by molar-refractivity contribution is -0.125. The number of imidazole rings is 1. The fourth-order valence-electron chi connectivity index (χ4n) is 3.13. The van der Waals surface area contributed by atoms with Crippen LogP contribution in [0.25, 0.3) is 11.0 Å². The van der Waals surface area contributed by atoms with Gasteiger partial charge < -0.3 is 14.5 Å². The Kier molecular flexibility index (Phi) is 5.48. The van der Waals surface area contributed by atoms with Crippen molar-refractivity contribution in [3.63, 3.8) is 0 Å². The van der Waals surface area contributed by atoms with E-state index in [0.717, 1.165) is 29.0 Å². The number of carbonyl (C=O) groups excluding carboxylic acids is 1. The van der Waals surface area contributed by atoms with E-state index >= 15 is 0 Å². The number of hydrogen-bond donors (Lipinski definition) is 1. The molecule has 0 unspecified atom stereocenters. The van der Waals surface area contributed by atoms with Crippen molar-refractivity contribution in [1.29, 1.82) is 0 Å². The summed E-state index contributed by atoms with van der Waals surface area (Å²) in [6, 6.07) is 11.6. The van der Waals surface area contributed by atoms with Crippen molar-refractivity contribution in [3.05, 3.63) is 54.6 Å². The zero-order valence-electron chi connectivity index (χ0n) is 14.8. The number of nitrogens with zero attached hydrogens (tertiary/aromatic N) is 3. The number of hydrogen-bond acceptors (Lipinski definition) is 3. The van der Waals surface area contributed by atoms with Crippen LogP contribution >= 0.6 is 11.8 Å². The van der Waals surface area contributed by atoms with E-state index < -0.39 is 0 Å². The summed E-state index contributed by atoms with van der Waals surface area (Å²) in [6.07, 6.45) is 6.76. The van der Waals surface area contributed by atoms with Crippen molar-refractivity contribution in [2.75, 3.05) is 12.0 Å². The number of para-hydroxylation sites is 2. The molecule has 3 aromatic rings. The molecule has 0 saturated carbocycles. The van der Waals surface area contributed by atoms with Crippen LogP contribution in [0.1, 0.15) is 31.3 Å². The number of aromatic nitrogens is 3. The van der Waals surface area contributed by atoms with Gasteiger partial charge in [0.05, 0.1) is 17.1 Å². The Labute approximate surface area is 152 Å². The highest BCUT2D eigenvalue weighted by Gasteiger charge is 2.23. The fourth-order valence-corrected chi connectivity index (χ4v) is 3.59. The number of nitrogens with one attached hydrogen (secondary N) is 1. The molecule has 1 amide bonds. The molecular formula is C19H24N4OS. The van der Waals surface area contributed by atoms with Gasteiger partial charge >= 0.3 is 0 Å². The lowest BCUT2D eigenvalue weighted by Crippen LogP contribution is -2.35. The molecule has 0 aliphatic rings. The SMILES string of the molecule is CSCC[C@@H](C(=O)N[C@H](C)c1nc2ccccc2n1C)n1cccc1. The number of thioether (sulfide) groups is 1. The molecule has 2 atom stereocenters. The summed E-state index contributed by atoms with van der Waals surface area (Å²) in [5, 5.41) is 3.14. The van der Waals surface area contributed by atoms with E-state index in [2.05, 4.69) is 16.6 Å². The molecule has 6 heteroatoms. The second kappa shape index (κ2) is 7.78. The maximum absolute atomic E-state index is 12.9. The van der Waals surface area contributed by atoms with E-state index in [0.29, 0.717) is 0 Å². The summed E-state index contributed by atoms with van der Waals surface area (Å²) in [5.41, 5.74) is 2.02. The van der Waals surface area contributed by atoms with Crippen LogP contribution in [0.3, 0.4) is 0 Å². The third kappa shape index (κ3) is 3.74. The van der Waals surface area contributed by atoms with Gasteiger partial charge in [-0.05, 0) is 49.6 Å². The third-order valence-electron chi connectivity index (χ3n) is 4.45. The van der Waals surface area contributed by atoms with Gasteiger partial charge in [0.25, 0.3) is 0 Å². The number of amides is 1. The molecule has 0 fully saturated rings. The zero-order valence-corrected chi connectivity index (χ0v) is 15.7. The van der Waals surface area contributed by atoms with Gasteiger partial charge in [-0.3, -0.25) is 4.79 Å². The Morgan fingerprint density at radius 3 is 2.64 bits per heavy atom. The normalized spacial score (nSPS) is 13.7. The van der Waals surface area contributed by atoms with Crippen LogP contribution in [0.5, 0.6) is 0 Å². The number of rotatable bonds is 7. The Morgan fingerprint density at radius 1 is 1.24 bits per heavy atom. The molecule has 3 rings (SSSR count). The maximum Gasteiger partial charge on any atom is 0.243 e. The van der Waals surface area contributed by atoms with Gasteiger partial charge in [0, 0.05) is 19.4 Å². The van der Waals surface area contributed by atoms with Crippen LogP contribution in [0.15, 0.2) is 48.8 Å². The topological polar surface area (TPSA) is 51.9 Å². The molecule has 2 heterocycles. The summed E-state index contributed by atoms with van der Waals surface area (Å²) in [4.78, 5) is 17.6. The van der Waals surface area contributed by atoms with Crippen LogP contribution < -0.4 is 5.32 Å². The van der Waals surface area contributed by atoms with E-state index in [-0.39, 0.29) is 18.0 Å². The number of aryl methyl sites for hydroxylation is 1. The van der Waals surface area contributed by atoms with Crippen molar-refractivity contribution in [2.24, 2.45) is 7.05 Å². The van der Waals surface area contributed by atoms with E-state index in [1.54, 1.807) is 11.8 Å². The Bertz CT molecular complexity index is 840. The molecular weight excluding hydrogens is 332 g/mol. The molecule has 0 bridgehead atoms. The molecule has 0 radical (unpaired) electrons. The first kappa shape index (κ1) is 17.6. The van der Waals surface area contributed by atoms with Crippen LogP contribution in [-0.4, -0.2) is 32.0 Å². The van der Waals surface area contributed by atoms with Crippen molar-refractivity contribution < 1.29 is 4.79 Å². The molecule has 2 aromatic heterocycles. The lowest BCUT2D eigenvalue weighted by atomic mass is 10.2. The summed E-state index contributed by atoms with van der Waals surface area (Å²) in [6.45, 7) is 1.99. The van der Waals surface area contributed by atoms with Crippen LogP contribution in [0.4, 0.5) is 0 Å². The summed E-state index contributed by atoms with van der Waals surface area (Å²) >= 11 is 1.76. The first-order chi connectivity index (χ1) is 12.1. The smallest absolute Gasteiger partial charge is 0.243 e. The molecule has 132 valence electrons. The summed E-state index contributed by atoms with van der Waals surface area (Å²) < 4.78 is 4.03. The molecule has 0 saturated heterocycles. The van der Waals surface area contributed by atoms with Crippen LogP contribution in [0, 0.1) is 0 Å². The molecule has 5 nitrogen and oxygen atoms in total. The van der Waals surface area contributed by atoms with Crippen molar-refractivity contribution in [3.8, 4) is 0 Å². The van der Waals surface area contributed by atoms with Gasteiger partial charge in [-0.25, -0.2) is 4.98 Å². The Morgan fingerprint density at radius 2 is 1.96 bits per heavy atom. The molecule has 25 heavy (non-hydrogen) atoms. The second-order valence-corrected chi connectivity index (χ2v) is 7.16. The molecule has 0 spiro atoms. The van der Waals surface area contributed by atoms with Gasteiger partial charge in [0.1, 0.15) is 11.9 Å². The average Bonchev–Trinajstić information content (AvgIpc) is 3.24. The average molecular weight is 356 g/mol. The predicted octanol–water partition coefficient (Wildman–Crippen LogP) is 3.55. The van der Waals surface area contributed by atoms with Crippen molar-refractivity contribution in [2.45, 2.75) is 25.4 Å². The quantitative estimate of drug-likeness (QED) is 0.704. The van der Waals surface area contributed by atoms with E-state index in [4.69, 9.17) is 0 Å². The van der Waals surface area contributed by atoms with Gasteiger partial charge in [-0.15, -0.1) is 0 Å². The minimum atomic E-state index is -0.195. The predicted molar refractivity (Wildman–Crippen MR) is 104 cm³/mol. The largest absolute Gasteiger partial charge is 0.345 e. The van der Waals surface area contributed by atoms with Crippen LogP contribution in [-0.2, 0) is 11.8 Å². The maximum atomic E-state index is 12.9. The van der Waals surface area contributed by atoms with Gasteiger partial charge in [-0.1, -0.05) is 12.1 Å². The monoisotopic (exact) mass is 356 g/mol. The lowest BCUT2D eigenvalue weighted by Gasteiger charge is -2.21. The summed E-state index contributed by atoms with van der Waals surface area (Å²) in [5.74, 6) is 1.84. The van der Waals surface area contributed by atoms with Gasteiger partial charge in [-0.2, -0.15) is 11.8 Å².